The Morgan fingerprint density at radius 1 is 1.35 bits per heavy atom. The molecule has 0 bridgehead atoms. The molecular formula is C23H31N3O5. The number of nitrogens with zero attached hydrogens (tertiary/aromatic N) is 3. The van der Waals surface area contributed by atoms with Crippen LogP contribution in [0.3, 0.4) is 0 Å². The van der Waals surface area contributed by atoms with Gasteiger partial charge in [-0.25, -0.2) is 0 Å². The minimum Gasteiger partial charge on any atom is -0.507 e. The van der Waals surface area contributed by atoms with Gasteiger partial charge < -0.3 is 19.1 Å². The highest BCUT2D eigenvalue weighted by Gasteiger charge is 2.34. The molecule has 0 spiro atoms. The first-order valence-electron chi connectivity index (χ1n) is 10.7. The minimum atomic E-state index is -0.459. The number of hydrogen-bond acceptors (Lipinski definition) is 7. The monoisotopic (exact) mass is 429 g/mol. The molecule has 1 atom stereocenters. The predicted octanol–water partition coefficient (Wildman–Crippen LogP) is 2.27. The van der Waals surface area contributed by atoms with Gasteiger partial charge in [-0.15, -0.1) is 0 Å². The zero-order valence-electron chi connectivity index (χ0n) is 18.4. The number of hydrogen-bond donors (Lipinski definition) is 1. The summed E-state index contributed by atoms with van der Waals surface area (Å²) in [7, 11) is 1.59. The number of methoxy groups -OCH3 is 1. The normalized spacial score (nSPS) is 16.2. The van der Waals surface area contributed by atoms with Crippen LogP contribution in [0, 0.1) is 12.8 Å². The van der Waals surface area contributed by atoms with Crippen LogP contribution in [0.25, 0.3) is 0 Å². The number of aromatic hydroxyl groups is 1. The number of aromatic nitrogens is 2. The lowest BCUT2D eigenvalue weighted by atomic mass is 9.91. The maximum atomic E-state index is 13.5. The molecule has 0 saturated carbocycles. The zero-order valence-corrected chi connectivity index (χ0v) is 18.4. The van der Waals surface area contributed by atoms with E-state index in [0.29, 0.717) is 56.9 Å². The fourth-order valence-electron chi connectivity index (χ4n) is 4.24. The molecule has 2 aromatic heterocycles. The first-order valence-corrected chi connectivity index (χ1v) is 10.7. The molecule has 1 fully saturated rings. The molecule has 1 N–H and O–H groups in total. The molecule has 8 heteroatoms. The lowest BCUT2D eigenvalue weighted by Crippen LogP contribution is -2.42. The number of aryl methyl sites for hydroxylation is 1. The van der Waals surface area contributed by atoms with Crippen LogP contribution >= 0.6 is 0 Å². The Morgan fingerprint density at radius 3 is 2.71 bits per heavy atom. The van der Waals surface area contributed by atoms with E-state index in [1.54, 1.807) is 44.0 Å². The number of esters is 1. The van der Waals surface area contributed by atoms with Gasteiger partial charge in [0.05, 0.1) is 30.7 Å². The Hall–Kier alpha value is -2.71. The molecule has 0 aliphatic carbocycles. The standard InChI is InChI=1S/C23H31N3O5/c1-4-31-23(29)17-7-10-25(11-8-17)21(18-6-5-9-24-15-18)20-19(27)14-16(2)26(22(20)28)12-13-30-3/h5-6,9,14-15,17,21,27H,4,7-8,10-13H2,1-3H3/t21-/m1/s1. The summed E-state index contributed by atoms with van der Waals surface area (Å²) < 4.78 is 12.0. The van der Waals surface area contributed by atoms with Crippen molar-refractivity contribution in [2.45, 2.75) is 39.3 Å². The number of carbonyl (C=O) groups is 1. The van der Waals surface area contributed by atoms with Gasteiger partial charge in [-0.05, 0) is 57.5 Å². The fraction of sp³-hybridized carbons (Fsp3) is 0.522. The molecule has 1 aliphatic heterocycles. The van der Waals surface area contributed by atoms with E-state index in [-0.39, 0.29) is 23.2 Å². The van der Waals surface area contributed by atoms with Crippen molar-refractivity contribution in [2.75, 3.05) is 33.4 Å². The van der Waals surface area contributed by atoms with Crippen LogP contribution in [-0.2, 0) is 20.8 Å². The van der Waals surface area contributed by atoms with Crippen LogP contribution in [0.4, 0.5) is 0 Å². The van der Waals surface area contributed by atoms with E-state index >= 15 is 0 Å². The Morgan fingerprint density at radius 2 is 2.10 bits per heavy atom. The predicted molar refractivity (Wildman–Crippen MR) is 116 cm³/mol. The van der Waals surface area contributed by atoms with Crippen molar-refractivity contribution in [1.29, 1.82) is 0 Å². The Labute approximate surface area is 182 Å². The molecule has 3 heterocycles. The molecule has 0 aromatic carbocycles. The first-order chi connectivity index (χ1) is 15.0. The summed E-state index contributed by atoms with van der Waals surface area (Å²) in [4.78, 5) is 32.0. The molecule has 8 nitrogen and oxygen atoms in total. The van der Waals surface area contributed by atoms with Gasteiger partial charge in [-0.2, -0.15) is 0 Å². The van der Waals surface area contributed by atoms with E-state index in [1.807, 2.05) is 12.1 Å². The van der Waals surface area contributed by atoms with Crippen LogP contribution in [0.2, 0.25) is 0 Å². The smallest absolute Gasteiger partial charge is 0.309 e. The van der Waals surface area contributed by atoms with E-state index in [0.717, 1.165) is 5.56 Å². The maximum absolute atomic E-state index is 13.5. The molecular weight excluding hydrogens is 398 g/mol. The third-order valence-corrected chi connectivity index (χ3v) is 5.83. The first kappa shape index (κ1) is 23.0. The van der Waals surface area contributed by atoms with Crippen molar-refractivity contribution in [3.8, 4) is 5.75 Å². The molecule has 2 aromatic rings. The SMILES string of the molecule is CCOC(=O)C1CCN([C@H](c2cccnc2)c2c(O)cc(C)n(CCOC)c2=O)CC1. The van der Waals surface area contributed by atoms with Gasteiger partial charge in [-0.3, -0.25) is 19.5 Å². The number of pyridine rings is 2. The van der Waals surface area contributed by atoms with Crippen molar-refractivity contribution in [3.05, 3.63) is 57.8 Å². The van der Waals surface area contributed by atoms with E-state index in [2.05, 4.69) is 9.88 Å². The lowest BCUT2D eigenvalue weighted by molar-refractivity contribution is -0.149. The summed E-state index contributed by atoms with van der Waals surface area (Å²) >= 11 is 0. The number of rotatable bonds is 8. The van der Waals surface area contributed by atoms with Crippen molar-refractivity contribution in [3.63, 3.8) is 0 Å². The molecule has 3 rings (SSSR count). The molecule has 0 unspecified atom stereocenters. The number of carbonyl (C=O) groups excluding carboxylic acids is 1. The van der Waals surface area contributed by atoms with E-state index in [9.17, 15) is 14.7 Å². The van der Waals surface area contributed by atoms with Crippen molar-refractivity contribution >= 4 is 5.97 Å². The minimum absolute atomic E-state index is 0.0301. The van der Waals surface area contributed by atoms with Crippen LogP contribution in [0.5, 0.6) is 5.75 Å². The highest BCUT2D eigenvalue weighted by Crippen LogP contribution is 2.35. The summed E-state index contributed by atoms with van der Waals surface area (Å²) in [5.74, 6) is -0.339. The molecule has 0 radical (unpaired) electrons. The lowest BCUT2D eigenvalue weighted by Gasteiger charge is -2.37. The highest BCUT2D eigenvalue weighted by atomic mass is 16.5. The number of likely N-dealkylation sites (tertiary alicyclic amines) is 1. The maximum Gasteiger partial charge on any atom is 0.309 e. The summed E-state index contributed by atoms with van der Waals surface area (Å²) in [6, 6.07) is 4.90. The summed E-state index contributed by atoms with van der Waals surface area (Å²) in [6.45, 7) is 5.98. The zero-order chi connectivity index (χ0) is 22.4. The van der Waals surface area contributed by atoms with Crippen molar-refractivity contribution in [1.82, 2.24) is 14.5 Å². The Balaban J connectivity index is 1.99. The van der Waals surface area contributed by atoms with Gasteiger partial charge in [0.1, 0.15) is 5.75 Å². The average Bonchev–Trinajstić information content (AvgIpc) is 2.77. The average molecular weight is 430 g/mol. The molecule has 31 heavy (non-hydrogen) atoms. The Kier molecular flexibility index (Phi) is 7.81. The molecule has 0 amide bonds. The quantitative estimate of drug-likeness (QED) is 0.644. The van der Waals surface area contributed by atoms with E-state index in [1.165, 1.54) is 0 Å². The van der Waals surface area contributed by atoms with Crippen LogP contribution in [0.15, 0.2) is 35.4 Å². The number of piperidine rings is 1. The fourth-order valence-corrected chi connectivity index (χ4v) is 4.24. The second kappa shape index (κ2) is 10.5. The third-order valence-electron chi connectivity index (χ3n) is 5.83. The summed E-state index contributed by atoms with van der Waals surface area (Å²) in [5, 5.41) is 10.8. The van der Waals surface area contributed by atoms with Gasteiger partial charge in [0.2, 0.25) is 0 Å². The van der Waals surface area contributed by atoms with E-state index < -0.39 is 6.04 Å². The highest BCUT2D eigenvalue weighted by molar-refractivity contribution is 5.72. The largest absolute Gasteiger partial charge is 0.507 e. The van der Waals surface area contributed by atoms with Crippen molar-refractivity contribution < 1.29 is 19.4 Å². The topological polar surface area (TPSA) is 93.9 Å². The summed E-state index contributed by atoms with van der Waals surface area (Å²) in [5.41, 5.74) is 1.58. The van der Waals surface area contributed by atoms with Gasteiger partial charge >= 0.3 is 5.97 Å². The van der Waals surface area contributed by atoms with Crippen molar-refractivity contribution in [2.24, 2.45) is 5.92 Å². The van der Waals surface area contributed by atoms with Gasteiger partial charge in [-0.1, -0.05) is 6.07 Å². The second-order valence-corrected chi connectivity index (χ2v) is 7.79. The molecule has 1 saturated heterocycles. The van der Waals surface area contributed by atoms with Gasteiger partial charge in [0, 0.05) is 31.7 Å². The molecule has 168 valence electrons. The van der Waals surface area contributed by atoms with Crippen LogP contribution in [0.1, 0.15) is 42.6 Å². The van der Waals surface area contributed by atoms with Gasteiger partial charge in [0.15, 0.2) is 0 Å². The Bertz CT molecular complexity index is 936. The van der Waals surface area contributed by atoms with E-state index in [4.69, 9.17) is 9.47 Å². The van der Waals surface area contributed by atoms with Crippen LogP contribution < -0.4 is 5.56 Å². The second-order valence-electron chi connectivity index (χ2n) is 7.79. The van der Waals surface area contributed by atoms with Gasteiger partial charge in [0.25, 0.3) is 5.56 Å². The third kappa shape index (κ3) is 5.14. The molecule has 1 aliphatic rings. The van der Waals surface area contributed by atoms with Crippen LogP contribution in [-0.4, -0.2) is 58.9 Å². The number of ether oxygens (including phenoxy) is 2. The summed E-state index contributed by atoms with van der Waals surface area (Å²) in [6.07, 6.45) is 4.68.